The average Bonchev–Trinajstić information content (AvgIpc) is 2.88. The highest BCUT2D eigenvalue weighted by molar-refractivity contribution is 7.09. The minimum atomic E-state index is -0.214. The van der Waals surface area contributed by atoms with E-state index >= 15 is 0 Å². The van der Waals surface area contributed by atoms with Crippen LogP contribution in [0.15, 0.2) is 23.7 Å². The first kappa shape index (κ1) is 15.2. The van der Waals surface area contributed by atoms with Gasteiger partial charge in [0.1, 0.15) is 5.82 Å². The Bertz CT molecular complexity index is 611. The molecule has 6 nitrogen and oxygen atoms in total. The molecule has 0 unspecified atom stereocenters. The van der Waals surface area contributed by atoms with Crippen LogP contribution in [-0.2, 0) is 13.1 Å². The van der Waals surface area contributed by atoms with Crippen molar-refractivity contribution < 1.29 is 4.79 Å². The van der Waals surface area contributed by atoms with Crippen LogP contribution in [0.3, 0.4) is 0 Å². The molecular formula is C14H19N5OS. The smallest absolute Gasteiger partial charge is 0.315 e. The van der Waals surface area contributed by atoms with Gasteiger partial charge in [-0.1, -0.05) is 6.07 Å². The number of hydrogen-bond donors (Lipinski definition) is 2. The molecule has 2 N–H and O–H groups in total. The van der Waals surface area contributed by atoms with Gasteiger partial charge >= 0.3 is 6.03 Å². The summed E-state index contributed by atoms with van der Waals surface area (Å²) >= 11 is 1.57. The molecule has 2 aromatic rings. The van der Waals surface area contributed by atoms with E-state index in [1.807, 2.05) is 43.4 Å². The van der Waals surface area contributed by atoms with Gasteiger partial charge in [0.25, 0.3) is 0 Å². The zero-order valence-electron chi connectivity index (χ0n) is 12.4. The second kappa shape index (κ2) is 7.03. The van der Waals surface area contributed by atoms with Crippen molar-refractivity contribution in [3.8, 4) is 0 Å². The van der Waals surface area contributed by atoms with Crippen LogP contribution < -0.4 is 15.5 Å². The lowest BCUT2D eigenvalue weighted by Gasteiger charge is -2.16. The fraction of sp³-hybridized carbons (Fsp3) is 0.357. The van der Waals surface area contributed by atoms with Crippen molar-refractivity contribution in [1.29, 1.82) is 0 Å². The number of nitrogens with zero attached hydrogens (tertiary/aromatic N) is 3. The van der Waals surface area contributed by atoms with E-state index in [4.69, 9.17) is 0 Å². The van der Waals surface area contributed by atoms with Crippen molar-refractivity contribution in [2.24, 2.45) is 0 Å². The molecule has 0 fully saturated rings. The highest BCUT2D eigenvalue weighted by atomic mass is 32.1. The number of anilines is 1. The van der Waals surface area contributed by atoms with Gasteiger partial charge in [-0.2, -0.15) is 0 Å². The minimum absolute atomic E-state index is 0.214. The number of pyridine rings is 1. The number of hydrogen-bond acceptors (Lipinski definition) is 5. The molecule has 2 amide bonds. The molecular weight excluding hydrogens is 286 g/mol. The number of amides is 2. The molecule has 2 rings (SSSR count). The van der Waals surface area contributed by atoms with Crippen molar-refractivity contribution >= 4 is 23.2 Å². The SMILES string of the molecule is Cc1nc(CNC(=O)NCc2cccnc2N(C)C)cs1. The van der Waals surface area contributed by atoms with Crippen LogP contribution in [0.25, 0.3) is 0 Å². The van der Waals surface area contributed by atoms with Gasteiger partial charge in [0.2, 0.25) is 0 Å². The molecule has 0 saturated carbocycles. The number of rotatable bonds is 5. The molecule has 2 aromatic heterocycles. The summed E-state index contributed by atoms with van der Waals surface area (Å²) in [5.74, 6) is 0.855. The highest BCUT2D eigenvalue weighted by Crippen LogP contribution is 2.13. The third kappa shape index (κ3) is 4.42. The van der Waals surface area contributed by atoms with Gasteiger partial charge < -0.3 is 15.5 Å². The lowest BCUT2D eigenvalue weighted by Crippen LogP contribution is -2.35. The topological polar surface area (TPSA) is 70.1 Å². The molecule has 0 radical (unpaired) electrons. The Labute approximate surface area is 128 Å². The van der Waals surface area contributed by atoms with E-state index in [0.717, 1.165) is 22.1 Å². The van der Waals surface area contributed by atoms with Crippen LogP contribution in [0.5, 0.6) is 0 Å². The van der Waals surface area contributed by atoms with Gasteiger partial charge in [0.15, 0.2) is 0 Å². The predicted molar refractivity (Wildman–Crippen MR) is 84.5 cm³/mol. The molecule has 0 aliphatic heterocycles. The summed E-state index contributed by atoms with van der Waals surface area (Å²) in [6.45, 7) is 2.81. The van der Waals surface area contributed by atoms with Crippen LogP contribution in [0.4, 0.5) is 10.6 Å². The monoisotopic (exact) mass is 305 g/mol. The summed E-state index contributed by atoms with van der Waals surface area (Å²) in [4.78, 5) is 22.3. The summed E-state index contributed by atoms with van der Waals surface area (Å²) in [6, 6.07) is 3.60. The van der Waals surface area contributed by atoms with Crippen molar-refractivity contribution in [2.45, 2.75) is 20.0 Å². The molecule has 112 valence electrons. The van der Waals surface area contributed by atoms with Crippen LogP contribution in [0.2, 0.25) is 0 Å². The Morgan fingerprint density at radius 3 is 2.76 bits per heavy atom. The quantitative estimate of drug-likeness (QED) is 0.885. The van der Waals surface area contributed by atoms with Crippen LogP contribution in [-0.4, -0.2) is 30.1 Å². The number of carbonyl (C=O) groups is 1. The predicted octanol–water partition coefficient (Wildman–Crippen LogP) is 1.91. The molecule has 0 bridgehead atoms. The summed E-state index contributed by atoms with van der Waals surface area (Å²) < 4.78 is 0. The van der Waals surface area contributed by atoms with E-state index in [9.17, 15) is 4.79 Å². The van der Waals surface area contributed by atoms with E-state index in [1.165, 1.54) is 0 Å². The summed E-state index contributed by atoms with van der Waals surface area (Å²) in [6.07, 6.45) is 1.74. The molecule has 0 atom stereocenters. The normalized spacial score (nSPS) is 10.2. The maximum atomic E-state index is 11.8. The van der Waals surface area contributed by atoms with Gasteiger partial charge in [-0.15, -0.1) is 11.3 Å². The van der Waals surface area contributed by atoms with Gasteiger partial charge in [-0.3, -0.25) is 0 Å². The fourth-order valence-electron chi connectivity index (χ4n) is 1.87. The minimum Gasteiger partial charge on any atom is -0.362 e. The number of aromatic nitrogens is 2. The molecule has 7 heteroatoms. The van der Waals surface area contributed by atoms with Crippen molar-refractivity contribution in [3.63, 3.8) is 0 Å². The third-order valence-electron chi connectivity index (χ3n) is 2.83. The van der Waals surface area contributed by atoms with E-state index in [2.05, 4.69) is 20.6 Å². The zero-order chi connectivity index (χ0) is 15.2. The largest absolute Gasteiger partial charge is 0.362 e. The van der Waals surface area contributed by atoms with Crippen molar-refractivity contribution in [2.75, 3.05) is 19.0 Å². The Morgan fingerprint density at radius 2 is 2.10 bits per heavy atom. The van der Waals surface area contributed by atoms with Crippen molar-refractivity contribution in [1.82, 2.24) is 20.6 Å². The second-order valence-electron chi connectivity index (χ2n) is 4.77. The van der Waals surface area contributed by atoms with Gasteiger partial charge in [0.05, 0.1) is 17.2 Å². The first-order chi connectivity index (χ1) is 10.1. The lowest BCUT2D eigenvalue weighted by molar-refractivity contribution is 0.240. The number of aryl methyl sites for hydroxylation is 1. The van der Waals surface area contributed by atoms with Gasteiger partial charge in [-0.05, 0) is 13.0 Å². The van der Waals surface area contributed by atoms with Gasteiger partial charge in [-0.25, -0.2) is 14.8 Å². The highest BCUT2D eigenvalue weighted by Gasteiger charge is 2.07. The van der Waals surface area contributed by atoms with E-state index in [0.29, 0.717) is 13.1 Å². The zero-order valence-corrected chi connectivity index (χ0v) is 13.2. The maximum absolute atomic E-state index is 11.8. The van der Waals surface area contributed by atoms with E-state index in [1.54, 1.807) is 17.5 Å². The standard InChI is InChI=1S/C14H19N5OS/c1-10-18-12(9-21-10)8-17-14(20)16-7-11-5-4-6-15-13(11)19(2)3/h4-6,9H,7-8H2,1-3H3,(H2,16,17,20). The maximum Gasteiger partial charge on any atom is 0.315 e. The molecule has 0 saturated heterocycles. The van der Waals surface area contributed by atoms with E-state index < -0.39 is 0 Å². The van der Waals surface area contributed by atoms with Crippen LogP contribution in [0, 0.1) is 6.92 Å². The Morgan fingerprint density at radius 1 is 1.33 bits per heavy atom. The first-order valence-corrected chi connectivity index (χ1v) is 7.48. The number of carbonyl (C=O) groups excluding carboxylic acids is 1. The Balaban J connectivity index is 1.84. The van der Waals surface area contributed by atoms with Crippen LogP contribution in [0.1, 0.15) is 16.3 Å². The summed E-state index contributed by atoms with van der Waals surface area (Å²) in [7, 11) is 3.85. The summed E-state index contributed by atoms with van der Waals surface area (Å²) in [5, 5.41) is 8.57. The first-order valence-electron chi connectivity index (χ1n) is 6.60. The van der Waals surface area contributed by atoms with Crippen molar-refractivity contribution in [3.05, 3.63) is 40.0 Å². The van der Waals surface area contributed by atoms with E-state index in [-0.39, 0.29) is 6.03 Å². The summed E-state index contributed by atoms with van der Waals surface area (Å²) in [5.41, 5.74) is 1.85. The average molecular weight is 305 g/mol. The second-order valence-corrected chi connectivity index (χ2v) is 5.84. The third-order valence-corrected chi connectivity index (χ3v) is 3.65. The van der Waals surface area contributed by atoms with Gasteiger partial charge in [0, 0.05) is 37.8 Å². The molecule has 2 heterocycles. The van der Waals surface area contributed by atoms with Crippen LogP contribution >= 0.6 is 11.3 Å². The fourth-order valence-corrected chi connectivity index (χ4v) is 2.48. The Hall–Kier alpha value is -2.15. The number of thiazole rings is 1. The molecule has 0 aliphatic rings. The number of urea groups is 1. The lowest BCUT2D eigenvalue weighted by atomic mass is 10.2. The Kier molecular flexibility index (Phi) is 5.10. The molecule has 0 aliphatic carbocycles. The molecule has 0 aromatic carbocycles. The molecule has 0 spiro atoms. The number of nitrogens with one attached hydrogen (secondary N) is 2. The molecule has 21 heavy (non-hydrogen) atoms.